The number of carbonyl (C=O) groups excluding carboxylic acids is 1. The molecule has 1 aliphatic carbocycles. The second kappa shape index (κ2) is 9.82. The van der Waals surface area contributed by atoms with Gasteiger partial charge in [-0.3, -0.25) is 4.79 Å². The number of quaternary nitrogens is 2. The fourth-order valence-corrected chi connectivity index (χ4v) is 4.38. The van der Waals surface area contributed by atoms with E-state index in [2.05, 4.69) is 29.2 Å². The maximum atomic E-state index is 13.1. The topological polar surface area (TPSA) is 38.4 Å². The summed E-state index contributed by atoms with van der Waals surface area (Å²) < 4.78 is 5.24. The highest BCUT2D eigenvalue weighted by molar-refractivity contribution is 6.30. The van der Waals surface area contributed by atoms with Gasteiger partial charge >= 0.3 is 0 Å². The molecule has 2 aliphatic rings. The van der Waals surface area contributed by atoms with Gasteiger partial charge in [0.25, 0.3) is 5.91 Å². The Morgan fingerprint density at radius 2 is 1.57 bits per heavy atom. The monoisotopic (exact) mass is 429 g/mol. The zero-order chi connectivity index (χ0) is 20.9. The van der Waals surface area contributed by atoms with Crippen LogP contribution in [0.2, 0.25) is 5.02 Å². The largest absolute Gasteiger partial charge is 0.497 e. The van der Waals surface area contributed by atoms with Gasteiger partial charge in [-0.05, 0) is 42.7 Å². The van der Waals surface area contributed by atoms with E-state index in [-0.39, 0.29) is 0 Å². The van der Waals surface area contributed by atoms with E-state index >= 15 is 0 Å². The van der Waals surface area contributed by atoms with Gasteiger partial charge in [-0.25, -0.2) is 0 Å². The minimum absolute atomic E-state index is 0.296. The molecule has 1 saturated carbocycles. The molecule has 1 saturated heterocycles. The number of hydrogen-bond donors (Lipinski definition) is 2. The molecular weight excluding hydrogens is 398 g/mol. The average Bonchev–Trinajstić information content (AvgIpc) is 3.60. The molecule has 2 fully saturated rings. The summed E-state index contributed by atoms with van der Waals surface area (Å²) >= 11 is 5.99. The van der Waals surface area contributed by atoms with Gasteiger partial charge in [0.2, 0.25) is 0 Å². The van der Waals surface area contributed by atoms with Crippen LogP contribution in [0.25, 0.3) is 0 Å². The Hall–Kier alpha value is -2.08. The van der Waals surface area contributed by atoms with Gasteiger partial charge in [0.05, 0.1) is 7.11 Å². The van der Waals surface area contributed by atoms with Crippen molar-refractivity contribution in [2.75, 3.05) is 39.8 Å². The van der Waals surface area contributed by atoms with Gasteiger partial charge in [-0.1, -0.05) is 35.9 Å². The van der Waals surface area contributed by atoms with E-state index in [1.165, 1.54) is 16.0 Å². The normalized spacial score (nSPS) is 21.3. The minimum Gasteiger partial charge on any atom is -0.497 e. The van der Waals surface area contributed by atoms with Crippen LogP contribution in [-0.4, -0.2) is 56.7 Å². The molecule has 30 heavy (non-hydrogen) atoms. The van der Waals surface area contributed by atoms with Crippen molar-refractivity contribution in [3.63, 3.8) is 0 Å². The minimum atomic E-state index is 0.296. The van der Waals surface area contributed by atoms with Crippen molar-refractivity contribution in [2.24, 2.45) is 0 Å². The summed E-state index contributed by atoms with van der Waals surface area (Å²) in [6, 6.07) is 16.7. The number of benzene rings is 2. The van der Waals surface area contributed by atoms with Crippen LogP contribution in [0.3, 0.4) is 0 Å². The summed E-state index contributed by atoms with van der Waals surface area (Å²) in [5, 5.41) is 0.788. The van der Waals surface area contributed by atoms with Crippen LogP contribution in [0.1, 0.15) is 24.0 Å². The Kier molecular flexibility index (Phi) is 6.93. The number of piperazine rings is 1. The van der Waals surface area contributed by atoms with Crippen LogP contribution in [-0.2, 0) is 17.9 Å². The summed E-state index contributed by atoms with van der Waals surface area (Å²) in [7, 11) is 1.68. The first-order valence-electron chi connectivity index (χ1n) is 10.9. The Labute approximate surface area is 184 Å². The number of rotatable bonds is 8. The van der Waals surface area contributed by atoms with Crippen LogP contribution in [0.15, 0.2) is 48.5 Å². The van der Waals surface area contributed by atoms with Crippen LogP contribution in [0.5, 0.6) is 5.75 Å². The molecule has 0 bridgehead atoms. The summed E-state index contributed by atoms with van der Waals surface area (Å²) in [6.45, 7) is 6.66. The number of carbonyl (C=O) groups is 1. The molecule has 0 spiro atoms. The molecule has 160 valence electrons. The van der Waals surface area contributed by atoms with Crippen molar-refractivity contribution in [1.82, 2.24) is 4.90 Å². The predicted octanol–water partition coefficient (Wildman–Crippen LogP) is 0.823. The van der Waals surface area contributed by atoms with Crippen molar-refractivity contribution >= 4 is 17.5 Å². The third-order valence-corrected chi connectivity index (χ3v) is 6.50. The van der Waals surface area contributed by atoms with Crippen LogP contribution in [0.4, 0.5) is 0 Å². The fourth-order valence-electron chi connectivity index (χ4n) is 4.25. The molecular formula is C24H32ClN3O2+2. The first-order chi connectivity index (χ1) is 14.6. The SMILES string of the molecule is COc1ccc(CN(C(=O)C[NH+]2CC[NH+](Cc3ccc(Cl)cc3)CC2)C2CC2)cc1. The third-order valence-electron chi connectivity index (χ3n) is 6.25. The number of halogens is 1. The molecule has 0 unspecified atom stereocenters. The van der Waals surface area contributed by atoms with Gasteiger partial charge in [-0.15, -0.1) is 0 Å². The maximum Gasteiger partial charge on any atom is 0.278 e. The van der Waals surface area contributed by atoms with Crippen LogP contribution in [0, 0.1) is 0 Å². The molecule has 5 nitrogen and oxygen atoms in total. The molecule has 1 heterocycles. The predicted molar refractivity (Wildman–Crippen MR) is 118 cm³/mol. The summed E-state index contributed by atoms with van der Waals surface area (Å²) in [6.07, 6.45) is 2.27. The van der Waals surface area contributed by atoms with Gasteiger partial charge in [0, 0.05) is 23.2 Å². The van der Waals surface area contributed by atoms with Gasteiger partial charge in [0.1, 0.15) is 38.5 Å². The average molecular weight is 430 g/mol. The first-order valence-corrected chi connectivity index (χ1v) is 11.3. The zero-order valence-electron chi connectivity index (χ0n) is 17.7. The van der Waals surface area contributed by atoms with Crippen molar-refractivity contribution in [2.45, 2.75) is 32.0 Å². The number of nitrogens with one attached hydrogen (secondary N) is 2. The second-order valence-corrected chi connectivity index (χ2v) is 9.02. The molecule has 2 aromatic rings. The molecule has 0 atom stereocenters. The van der Waals surface area contributed by atoms with E-state index in [4.69, 9.17) is 16.3 Å². The Bertz CT molecular complexity index is 829. The Balaban J connectivity index is 1.26. The number of methoxy groups -OCH3 is 1. The first kappa shape index (κ1) is 21.2. The zero-order valence-corrected chi connectivity index (χ0v) is 18.5. The van der Waals surface area contributed by atoms with Gasteiger partial charge in [-0.2, -0.15) is 0 Å². The molecule has 6 heteroatoms. The molecule has 4 rings (SSSR count). The Morgan fingerprint density at radius 1 is 0.967 bits per heavy atom. The fraction of sp³-hybridized carbons (Fsp3) is 0.458. The van der Waals surface area contributed by atoms with Gasteiger partial charge < -0.3 is 19.4 Å². The van der Waals surface area contributed by atoms with E-state index in [1.54, 1.807) is 12.0 Å². The quantitative estimate of drug-likeness (QED) is 0.652. The number of nitrogens with zero attached hydrogens (tertiary/aromatic N) is 1. The van der Waals surface area contributed by atoms with E-state index in [0.717, 1.165) is 56.3 Å². The van der Waals surface area contributed by atoms with Crippen molar-refractivity contribution in [3.8, 4) is 5.75 Å². The lowest BCUT2D eigenvalue weighted by atomic mass is 10.2. The molecule has 1 aliphatic heterocycles. The number of hydrogen-bond acceptors (Lipinski definition) is 2. The molecule has 0 aromatic heterocycles. The molecule has 0 radical (unpaired) electrons. The smallest absolute Gasteiger partial charge is 0.278 e. The third kappa shape index (κ3) is 5.75. The van der Waals surface area contributed by atoms with Crippen molar-refractivity contribution in [1.29, 1.82) is 0 Å². The summed E-state index contributed by atoms with van der Waals surface area (Å²) in [4.78, 5) is 18.2. The summed E-state index contributed by atoms with van der Waals surface area (Å²) in [5.74, 6) is 1.15. The maximum absolute atomic E-state index is 13.1. The lowest BCUT2D eigenvalue weighted by molar-refractivity contribution is -1.02. The molecule has 2 aromatic carbocycles. The number of amides is 1. The van der Waals surface area contributed by atoms with Crippen molar-refractivity contribution in [3.05, 3.63) is 64.7 Å². The van der Waals surface area contributed by atoms with Gasteiger partial charge in [0.15, 0.2) is 6.54 Å². The van der Waals surface area contributed by atoms with E-state index < -0.39 is 0 Å². The summed E-state index contributed by atoms with van der Waals surface area (Å²) in [5.41, 5.74) is 2.50. The standard InChI is InChI=1S/C24H30ClN3O2/c1-30-23-10-4-20(5-11-23)17-28(22-8-9-22)24(29)18-27-14-12-26(13-15-27)16-19-2-6-21(25)7-3-19/h2-7,10-11,22H,8-9,12-18H2,1H3/p+2. The highest BCUT2D eigenvalue weighted by atomic mass is 35.5. The molecule has 1 amide bonds. The van der Waals surface area contributed by atoms with Crippen molar-refractivity contribution < 1.29 is 19.3 Å². The van der Waals surface area contributed by atoms with E-state index in [1.807, 2.05) is 24.3 Å². The van der Waals surface area contributed by atoms with Crippen LogP contribution >= 0.6 is 11.6 Å². The highest BCUT2D eigenvalue weighted by Crippen LogP contribution is 2.28. The lowest BCUT2D eigenvalue weighted by Gasteiger charge is -2.31. The molecule has 2 N–H and O–H groups in total. The van der Waals surface area contributed by atoms with Crippen LogP contribution < -0.4 is 14.5 Å². The second-order valence-electron chi connectivity index (χ2n) is 8.58. The Morgan fingerprint density at radius 3 is 2.17 bits per heavy atom. The lowest BCUT2D eigenvalue weighted by Crippen LogP contribution is -3.28. The van der Waals surface area contributed by atoms with E-state index in [9.17, 15) is 4.79 Å². The number of ether oxygens (including phenoxy) is 1. The highest BCUT2D eigenvalue weighted by Gasteiger charge is 2.35. The van der Waals surface area contributed by atoms with E-state index in [0.29, 0.717) is 25.0 Å².